The summed E-state index contributed by atoms with van der Waals surface area (Å²) in [6, 6.07) is 3.52. The van der Waals surface area contributed by atoms with E-state index in [1.165, 1.54) is 0 Å². The molecule has 12 heteroatoms. The van der Waals surface area contributed by atoms with Crippen LogP contribution in [-0.2, 0) is 9.53 Å². The van der Waals surface area contributed by atoms with Gasteiger partial charge in [0.05, 0.1) is 0 Å². The molecule has 3 aromatic rings. The van der Waals surface area contributed by atoms with E-state index < -0.39 is 64.6 Å². The van der Waals surface area contributed by atoms with Crippen molar-refractivity contribution >= 4 is 22.9 Å². The SMILES string of the molecule is CC(=O)OCOc1c(F)cc2cc(C(=O)On3c(O)ccc3O)c(=O)oc2c1F. The average Bonchev–Trinajstić information content (AvgIpc) is 2.96. The molecule has 0 spiro atoms. The molecule has 0 amide bonds. The maximum absolute atomic E-state index is 14.5. The Bertz CT molecular complexity index is 1160. The average molecular weight is 411 g/mol. The molecule has 0 fully saturated rings. The second-order valence-electron chi connectivity index (χ2n) is 5.49. The summed E-state index contributed by atoms with van der Waals surface area (Å²) in [7, 11) is 0. The fourth-order valence-corrected chi connectivity index (χ4v) is 2.25. The first-order valence-corrected chi connectivity index (χ1v) is 7.73. The smallest absolute Gasteiger partial charge is 0.371 e. The predicted octanol–water partition coefficient (Wildman–Crippen LogP) is 1.45. The van der Waals surface area contributed by atoms with Crippen LogP contribution < -0.4 is 15.2 Å². The molecule has 0 aliphatic carbocycles. The zero-order valence-corrected chi connectivity index (χ0v) is 14.5. The highest BCUT2D eigenvalue weighted by Gasteiger charge is 2.23. The van der Waals surface area contributed by atoms with E-state index in [4.69, 9.17) is 9.15 Å². The van der Waals surface area contributed by atoms with Crippen LogP contribution in [0.2, 0.25) is 0 Å². The lowest BCUT2D eigenvalue weighted by Crippen LogP contribution is -2.24. The van der Waals surface area contributed by atoms with Gasteiger partial charge in [-0.3, -0.25) is 4.79 Å². The van der Waals surface area contributed by atoms with Gasteiger partial charge in [0.2, 0.25) is 24.4 Å². The molecule has 0 unspecified atom stereocenters. The summed E-state index contributed by atoms with van der Waals surface area (Å²) in [6.45, 7) is 0.274. The topological polar surface area (TPSA) is 137 Å². The number of fused-ring (bicyclic) bond motifs is 1. The lowest BCUT2D eigenvalue weighted by atomic mass is 10.1. The lowest BCUT2D eigenvalue weighted by Gasteiger charge is -2.10. The fourth-order valence-electron chi connectivity index (χ4n) is 2.25. The van der Waals surface area contributed by atoms with E-state index in [1.807, 2.05) is 0 Å². The minimum Gasteiger partial charge on any atom is -0.492 e. The summed E-state index contributed by atoms with van der Waals surface area (Å²) in [5, 5.41) is 18.6. The Morgan fingerprint density at radius 3 is 2.45 bits per heavy atom. The van der Waals surface area contributed by atoms with E-state index in [1.54, 1.807) is 0 Å². The van der Waals surface area contributed by atoms with Gasteiger partial charge in [-0.05, 0) is 12.1 Å². The van der Waals surface area contributed by atoms with Crippen molar-refractivity contribution in [3.05, 3.63) is 51.9 Å². The number of aromatic hydroxyl groups is 2. The highest BCUT2D eigenvalue weighted by molar-refractivity contribution is 5.93. The standard InChI is InChI=1S/C17H11F2NO9/c1-7(21)26-6-27-15-10(18)5-8-4-9(16(24)28-14(8)13(15)19)17(25)29-20-11(22)2-3-12(20)23/h2-5,22-23H,6H2,1H3. The molecule has 2 aromatic heterocycles. The summed E-state index contributed by atoms with van der Waals surface area (Å²) in [5.41, 5.74) is -2.83. The van der Waals surface area contributed by atoms with Gasteiger partial charge in [0.15, 0.2) is 17.1 Å². The number of ether oxygens (including phenoxy) is 2. The summed E-state index contributed by atoms with van der Waals surface area (Å²) in [6.07, 6.45) is 0. The highest BCUT2D eigenvalue weighted by Crippen LogP contribution is 2.29. The van der Waals surface area contributed by atoms with Crippen molar-refractivity contribution in [3.63, 3.8) is 0 Å². The molecular formula is C17H11F2NO9. The summed E-state index contributed by atoms with van der Waals surface area (Å²) >= 11 is 0. The maximum Gasteiger partial charge on any atom is 0.371 e. The van der Waals surface area contributed by atoms with Crippen molar-refractivity contribution in [3.8, 4) is 17.5 Å². The Morgan fingerprint density at radius 1 is 1.17 bits per heavy atom. The number of aromatic nitrogens is 1. The molecule has 0 saturated heterocycles. The summed E-state index contributed by atoms with van der Waals surface area (Å²) in [4.78, 5) is 39.5. The van der Waals surface area contributed by atoms with E-state index in [-0.39, 0.29) is 5.39 Å². The summed E-state index contributed by atoms with van der Waals surface area (Å²) in [5.74, 6) is -7.00. The molecule has 2 heterocycles. The van der Waals surface area contributed by atoms with E-state index >= 15 is 0 Å². The Kier molecular flexibility index (Phi) is 5.08. The predicted molar refractivity (Wildman–Crippen MR) is 88.3 cm³/mol. The number of nitrogens with zero attached hydrogens (tertiary/aromatic N) is 1. The lowest BCUT2D eigenvalue weighted by molar-refractivity contribution is -0.147. The first-order valence-electron chi connectivity index (χ1n) is 7.73. The number of rotatable bonds is 5. The second kappa shape index (κ2) is 7.50. The Balaban J connectivity index is 1.98. The van der Waals surface area contributed by atoms with Gasteiger partial charge in [0, 0.05) is 24.4 Å². The Labute approximate surface area is 159 Å². The quantitative estimate of drug-likeness (QED) is 0.363. The number of benzene rings is 1. The zero-order valence-electron chi connectivity index (χ0n) is 14.5. The van der Waals surface area contributed by atoms with Crippen molar-refractivity contribution in [2.45, 2.75) is 6.92 Å². The molecule has 2 N–H and O–H groups in total. The van der Waals surface area contributed by atoms with Crippen LogP contribution in [0.15, 0.2) is 33.5 Å². The molecule has 10 nitrogen and oxygen atoms in total. The van der Waals surface area contributed by atoms with E-state index in [0.717, 1.165) is 25.1 Å². The Morgan fingerprint density at radius 2 is 1.83 bits per heavy atom. The van der Waals surface area contributed by atoms with Crippen LogP contribution in [-0.4, -0.2) is 33.7 Å². The van der Waals surface area contributed by atoms with Crippen LogP contribution in [0, 0.1) is 11.6 Å². The van der Waals surface area contributed by atoms with Gasteiger partial charge in [-0.1, -0.05) is 0 Å². The van der Waals surface area contributed by atoms with Crippen LogP contribution in [0.1, 0.15) is 17.3 Å². The number of carbonyl (C=O) groups excluding carboxylic acids is 2. The third-order valence-corrected chi connectivity index (χ3v) is 3.53. The van der Waals surface area contributed by atoms with Gasteiger partial charge >= 0.3 is 17.6 Å². The molecular weight excluding hydrogens is 400 g/mol. The number of hydrogen-bond acceptors (Lipinski definition) is 9. The van der Waals surface area contributed by atoms with Crippen molar-refractivity contribution in [1.29, 1.82) is 0 Å². The number of hydrogen-bond donors (Lipinski definition) is 2. The number of carbonyl (C=O) groups is 2. The van der Waals surface area contributed by atoms with Gasteiger partial charge < -0.3 is 28.9 Å². The molecule has 0 radical (unpaired) electrons. The largest absolute Gasteiger partial charge is 0.492 e. The van der Waals surface area contributed by atoms with Crippen molar-refractivity contribution in [2.24, 2.45) is 0 Å². The van der Waals surface area contributed by atoms with Crippen LogP contribution in [0.25, 0.3) is 11.0 Å². The molecule has 29 heavy (non-hydrogen) atoms. The van der Waals surface area contributed by atoms with Gasteiger partial charge in [-0.25, -0.2) is 14.0 Å². The van der Waals surface area contributed by atoms with Gasteiger partial charge in [-0.15, -0.1) is 4.73 Å². The van der Waals surface area contributed by atoms with Gasteiger partial charge in [0.25, 0.3) is 0 Å². The highest BCUT2D eigenvalue weighted by atomic mass is 19.1. The monoisotopic (exact) mass is 411 g/mol. The van der Waals surface area contributed by atoms with Crippen molar-refractivity contribution in [1.82, 2.24) is 4.73 Å². The molecule has 0 atom stereocenters. The van der Waals surface area contributed by atoms with Crippen LogP contribution >= 0.6 is 0 Å². The molecule has 0 bridgehead atoms. The van der Waals surface area contributed by atoms with Crippen molar-refractivity contribution in [2.75, 3.05) is 6.79 Å². The zero-order chi connectivity index (χ0) is 21.3. The third-order valence-electron chi connectivity index (χ3n) is 3.53. The van der Waals surface area contributed by atoms with E-state index in [0.29, 0.717) is 10.8 Å². The van der Waals surface area contributed by atoms with Gasteiger partial charge in [0.1, 0.15) is 5.56 Å². The van der Waals surface area contributed by atoms with Crippen LogP contribution in [0.3, 0.4) is 0 Å². The molecule has 1 aromatic carbocycles. The molecule has 0 aliphatic rings. The minimum atomic E-state index is -1.40. The van der Waals surface area contributed by atoms with E-state index in [9.17, 15) is 33.4 Å². The number of halogens is 2. The Hall–Kier alpha value is -4.09. The fraction of sp³-hybridized carbons (Fsp3) is 0.118. The molecule has 152 valence electrons. The third kappa shape index (κ3) is 3.81. The summed E-state index contributed by atoms with van der Waals surface area (Å²) < 4.78 is 42.8. The van der Waals surface area contributed by atoms with Crippen LogP contribution in [0.5, 0.6) is 17.5 Å². The maximum atomic E-state index is 14.5. The first-order chi connectivity index (χ1) is 13.7. The first kappa shape index (κ1) is 19.7. The normalized spacial score (nSPS) is 10.7. The minimum absolute atomic E-state index is 0.319. The number of esters is 1. The molecule has 0 aliphatic heterocycles. The van der Waals surface area contributed by atoms with Gasteiger partial charge in [-0.2, -0.15) is 4.39 Å². The molecule has 0 saturated carbocycles. The molecule has 3 rings (SSSR count). The van der Waals surface area contributed by atoms with Crippen LogP contribution in [0.4, 0.5) is 8.78 Å². The second-order valence-corrected chi connectivity index (χ2v) is 5.49. The van der Waals surface area contributed by atoms with Crippen molar-refractivity contribution < 1.29 is 47.3 Å². The van der Waals surface area contributed by atoms with E-state index in [2.05, 4.69) is 9.57 Å².